The highest BCUT2D eigenvalue weighted by Crippen LogP contribution is 2.43. The van der Waals surface area contributed by atoms with E-state index in [1.165, 1.54) is 16.4 Å². The van der Waals surface area contributed by atoms with Crippen LogP contribution in [0.5, 0.6) is 0 Å². The van der Waals surface area contributed by atoms with E-state index in [4.69, 9.17) is 0 Å². The van der Waals surface area contributed by atoms with E-state index in [0.717, 1.165) is 6.42 Å². The van der Waals surface area contributed by atoms with Crippen LogP contribution >= 0.6 is 0 Å². The van der Waals surface area contributed by atoms with E-state index in [1.54, 1.807) is 42.5 Å². The number of anilines is 2. The molecule has 0 spiro atoms. The molecule has 0 saturated carbocycles. The van der Waals surface area contributed by atoms with Gasteiger partial charge in [-0.2, -0.15) is 0 Å². The molecule has 1 heterocycles. The smallest absolute Gasteiger partial charge is 0.236 e. The number of sulfonamides is 1. The van der Waals surface area contributed by atoms with Crippen LogP contribution in [0.3, 0.4) is 0 Å². The lowest BCUT2D eigenvalue weighted by Crippen LogP contribution is -2.45. The Balaban J connectivity index is 2.29. The molecule has 128 valence electrons. The topological polar surface area (TPSA) is 71.5 Å². The summed E-state index contributed by atoms with van der Waals surface area (Å²) >= 11 is 0. The molecule has 0 aromatic heterocycles. The zero-order valence-electron chi connectivity index (χ0n) is 13.3. The number of para-hydroxylation sites is 2. The van der Waals surface area contributed by atoms with Gasteiger partial charge in [0.15, 0.2) is 14.4 Å². The van der Waals surface area contributed by atoms with Gasteiger partial charge in [0.25, 0.3) is 10.0 Å². The Labute approximate surface area is 142 Å². The van der Waals surface area contributed by atoms with Crippen LogP contribution in [0.4, 0.5) is 11.4 Å². The molecule has 24 heavy (non-hydrogen) atoms. The van der Waals surface area contributed by atoms with Crippen molar-refractivity contribution < 1.29 is 16.8 Å². The molecule has 0 saturated heterocycles. The number of hydrogen-bond donors (Lipinski definition) is 0. The summed E-state index contributed by atoms with van der Waals surface area (Å²) in [5, 5.41) is 0. The van der Waals surface area contributed by atoms with Crippen LogP contribution in [0.1, 0.15) is 26.2 Å². The van der Waals surface area contributed by atoms with Crippen LogP contribution < -0.4 is 4.31 Å². The SMILES string of the molecule is CCCCC1S(=O)(=O)c2ccccc2N(c2ccccc2)S1(=O)=O. The van der Waals surface area contributed by atoms with E-state index in [0.29, 0.717) is 12.1 Å². The molecule has 3 rings (SSSR count). The molecule has 1 atom stereocenters. The minimum atomic E-state index is -4.07. The lowest BCUT2D eigenvalue weighted by molar-refractivity contribution is 0.560. The van der Waals surface area contributed by atoms with E-state index < -0.39 is 24.4 Å². The third kappa shape index (κ3) is 2.61. The summed E-state index contributed by atoms with van der Waals surface area (Å²) in [5.41, 5.74) is 0.637. The molecule has 0 fully saturated rings. The highest BCUT2D eigenvalue weighted by molar-refractivity contribution is 8.10. The second-order valence-corrected chi connectivity index (χ2v) is 10.1. The largest absolute Gasteiger partial charge is 0.257 e. The van der Waals surface area contributed by atoms with Gasteiger partial charge < -0.3 is 0 Å². The molecule has 0 bridgehead atoms. The Kier molecular flexibility index (Phi) is 4.40. The second-order valence-electron chi connectivity index (χ2n) is 5.73. The van der Waals surface area contributed by atoms with Gasteiger partial charge in [-0.25, -0.2) is 21.1 Å². The zero-order chi connectivity index (χ0) is 17.4. The van der Waals surface area contributed by atoms with Crippen molar-refractivity contribution >= 4 is 31.2 Å². The van der Waals surface area contributed by atoms with Crippen molar-refractivity contribution in [1.29, 1.82) is 0 Å². The summed E-state index contributed by atoms with van der Waals surface area (Å²) in [6.07, 6.45) is 1.36. The number of rotatable bonds is 4. The van der Waals surface area contributed by atoms with Crippen LogP contribution in [0.2, 0.25) is 0 Å². The predicted molar refractivity (Wildman–Crippen MR) is 94.4 cm³/mol. The molecule has 0 radical (unpaired) electrons. The molecule has 1 aliphatic heterocycles. The maximum atomic E-state index is 13.1. The number of nitrogens with zero attached hydrogens (tertiary/aromatic N) is 1. The first-order valence-corrected chi connectivity index (χ1v) is 10.9. The first kappa shape index (κ1) is 17.0. The van der Waals surface area contributed by atoms with Crippen molar-refractivity contribution in [3.05, 3.63) is 54.6 Å². The van der Waals surface area contributed by atoms with Crippen LogP contribution in [-0.2, 0) is 19.9 Å². The summed E-state index contributed by atoms with van der Waals surface area (Å²) in [4.78, 5) is 0.0739. The van der Waals surface area contributed by atoms with Crippen molar-refractivity contribution in [2.24, 2.45) is 0 Å². The molecule has 7 heteroatoms. The molecule has 2 aromatic carbocycles. The van der Waals surface area contributed by atoms with Crippen molar-refractivity contribution in [1.82, 2.24) is 0 Å². The molecule has 0 N–H and O–H groups in total. The molecule has 1 aliphatic rings. The van der Waals surface area contributed by atoms with Crippen molar-refractivity contribution in [3.8, 4) is 0 Å². The first-order valence-electron chi connectivity index (χ1n) is 7.83. The fourth-order valence-corrected chi connectivity index (χ4v) is 7.88. The number of fused-ring (bicyclic) bond motifs is 1. The van der Waals surface area contributed by atoms with Gasteiger partial charge in [-0.1, -0.05) is 50.1 Å². The van der Waals surface area contributed by atoms with Crippen LogP contribution in [0.15, 0.2) is 59.5 Å². The standard InChI is InChI=1S/C17H19NO4S2/c1-2-3-13-17-23(19,20)16-12-8-7-11-15(16)18(24(17,21)22)14-9-5-4-6-10-14/h4-12,17H,2-3,13H2,1H3. The summed E-state index contributed by atoms with van der Waals surface area (Å²) < 4.78 is 51.8. The van der Waals surface area contributed by atoms with E-state index in [2.05, 4.69) is 0 Å². The number of benzene rings is 2. The molecule has 5 nitrogen and oxygen atoms in total. The molecule has 2 aromatic rings. The summed E-state index contributed by atoms with van der Waals surface area (Å²) in [6, 6.07) is 14.9. The molecular formula is C17H19NO4S2. The van der Waals surface area contributed by atoms with Gasteiger partial charge in [0, 0.05) is 0 Å². The van der Waals surface area contributed by atoms with Gasteiger partial charge >= 0.3 is 0 Å². The highest BCUT2D eigenvalue weighted by atomic mass is 32.3. The van der Waals surface area contributed by atoms with E-state index in [9.17, 15) is 16.8 Å². The van der Waals surface area contributed by atoms with Gasteiger partial charge in [-0.05, 0) is 30.7 Å². The number of hydrogen-bond acceptors (Lipinski definition) is 4. The minimum absolute atomic E-state index is 0.0739. The van der Waals surface area contributed by atoms with Crippen LogP contribution in [0.25, 0.3) is 0 Å². The number of unbranched alkanes of at least 4 members (excludes halogenated alkanes) is 1. The third-order valence-electron chi connectivity index (χ3n) is 4.11. The van der Waals surface area contributed by atoms with Gasteiger partial charge in [0.2, 0.25) is 0 Å². The van der Waals surface area contributed by atoms with E-state index in [1.807, 2.05) is 6.92 Å². The lowest BCUT2D eigenvalue weighted by Gasteiger charge is -2.35. The maximum absolute atomic E-state index is 13.1. The van der Waals surface area contributed by atoms with Crippen molar-refractivity contribution in [2.45, 2.75) is 35.7 Å². The van der Waals surface area contributed by atoms with Gasteiger partial charge in [0.05, 0.1) is 16.3 Å². The lowest BCUT2D eigenvalue weighted by atomic mass is 10.2. The fourth-order valence-electron chi connectivity index (χ4n) is 2.95. The molecule has 1 unspecified atom stereocenters. The molecule has 0 amide bonds. The van der Waals surface area contributed by atoms with Crippen molar-refractivity contribution in [2.75, 3.05) is 4.31 Å². The Morgan fingerprint density at radius 3 is 2.21 bits per heavy atom. The number of sulfone groups is 1. The monoisotopic (exact) mass is 365 g/mol. The Morgan fingerprint density at radius 2 is 1.54 bits per heavy atom. The van der Waals surface area contributed by atoms with Crippen molar-refractivity contribution in [3.63, 3.8) is 0 Å². The van der Waals surface area contributed by atoms with Gasteiger partial charge in [-0.15, -0.1) is 0 Å². The van der Waals surface area contributed by atoms with Gasteiger partial charge in [0.1, 0.15) is 0 Å². The van der Waals surface area contributed by atoms with Crippen LogP contribution in [0, 0.1) is 0 Å². The highest BCUT2D eigenvalue weighted by Gasteiger charge is 2.49. The van der Waals surface area contributed by atoms with Gasteiger partial charge in [-0.3, -0.25) is 0 Å². The second kappa shape index (κ2) is 6.22. The Hall–Kier alpha value is -1.86. The average molecular weight is 365 g/mol. The van der Waals surface area contributed by atoms with Crippen LogP contribution in [-0.4, -0.2) is 21.4 Å². The third-order valence-corrected chi connectivity index (χ3v) is 9.30. The quantitative estimate of drug-likeness (QED) is 0.832. The van der Waals surface area contributed by atoms with E-state index in [-0.39, 0.29) is 17.0 Å². The summed E-state index contributed by atoms with van der Waals surface area (Å²) in [6.45, 7) is 1.91. The first-order chi connectivity index (χ1) is 11.4. The maximum Gasteiger partial charge on any atom is 0.257 e. The molecule has 0 aliphatic carbocycles. The normalized spacial score (nSPS) is 21.2. The fraction of sp³-hybridized carbons (Fsp3) is 0.294. The van der Waals surface area contributed by atoms with E-state index >= 15 is 0 Å². The average Bonchev–Trinajstić information content (AvgIpc) is 2.55. The predicted octanol–water partition coefficient (Wildman–Crippen LogP) is 3.46. The Morgan fingerprint density at radius 1 is 0.917 bits per heavy atom. The molecular weight excluding hydrogens is 346 g/mol. The minimum Gasteiger partial charge on any atom is -0.236 e. The Bertz CT molecular complexity index is 938. The summed E-state index contributed by atoms with van der Waals surface area (Å²) in [5.74, 6) is 0. The zero-order valence-corrected chi connectivity index (χ0v) is 14.9. The summed E-state index contributed by atoms with van der Waals surface area (Å²) in [7, 11) is -8.00.